The predicted molar refractivity (Wildman–Crippen MR) is 123 cm³/mol. The molecule has 0 fully saturated rings. The fourth-order valence-electron chi connectivity index (χ4n) is 2.56. The molecule has 2 N–H and O–H groups in total. The first kappa shape index (κ1) is 23.4. The third-order valence-corrected chi connectivity index (χ3v) is 5.62. The molecule has 0 saturated carbocycles. The van der Waals surface area contributed by atoms with E-state index < -0.39 is 0 Å². The number of halogens is 1. The van der Waals surface area contributed by atoms with Gasteiger partial charge in [0.25, 0.3) is 11.8 Å². The number of aliphatic imine (C=N–C) groups is 2. The Balaban J connectivity index is 2.02. The molecule has 9 heteroatoms. The SMILES string of the molecule is C=N/C(CNC(=O)c1cccc(Cl)c1C)=C(C)\N=C(/C)C(=O)NCc1cnc(C)s1. The van der Waals surface area contributed by atoms with Crippen molar-refractivity contribution < 1.29 is 9.59 Å². The van der Waals surface area contributed by atoms with Gasteiger partial charge in [-0.1, -0.05) is 17.7 Å². The molecule has 0 radical (unpaired) electrons. The van der Waals surface area contributed by atoms with Crippen LogP contribution in [0.5, 0.6) is 0 Å². The molecule has 0 aliphatic heterocycles. The number of nitrogens with zero attached hydrogens (tertiary/aromatic N) is 3. The van der Waals surface area contributed by atoms with Crippen molar-refractivity contribution >= 4 is 47.2 Å². The van der Waals surface area contributed by atoms with Crippen LogP contribution in [0.1, 0.15) is 39.7 Å². The number of carbonyl (C=O) groups excluding carboxylic acids is 2. The topological polar surface area (TPSA) is 95.8 Å². The Hall–Kier alpha value is -2.84. The smallest absolute Gasteiger partial charge is 0.265 e. The van der Waals surface area contributed by atoms with Crippen molar-refractivity contribution in [3.63, 3.8) is 0 Å². The summed E-state index contributed by atoms with van der Waals surface area (Å²) < 4.78 is 0. The molecule has 0 atom stereocenters. The first-order valence-electron chi connectivity index (χ1n) is 9.17. The van der Waals surface area contributed by atoms with Crippen molar-refractivity contribution in [2.24, 2.45) is 9.98 Å². The van der Waals surface area contributed by atoms with Crippen molar-refractivity contribution in [2.75, 3.05) is 6.54 Å². The van der Waals surface area contributed by atoms with Gasteiger partial charge in [0.1, 0.15) is 5.71 Å². The number of aryl methyl sites for hydroxylation is 1. The molecule has 0 spiro atoms. The molecular weight excluding hydrogens is 422 g/mol. The number of allylic oxidation sites excluding steroid dienone is 1. The third kappa shape index (κ3) is 6.33. The summed E-state index contributed by atoms with van der Waals surface area (Å²) in [5, 5.41) is 7.06. The van der Waals surface area contributed by atoms with Crippen molar-refractivity contribution in [1.82, 2.24) is 15.6 Å². The molecule has 1 heterocycles. The van der Waals surface area contributed by atoms with Crippen LogP contribution in [0.4, 0.5) is 0 Å². The number of nitrogens with one attached hydrogen (secondary N) is 2. The Bertz CT molecular complexity index is 1030. The van der Waals surface area contributed by atoms with Gasteiger partial charge in [0.2, 0.25) is 0 Å². The van der Waals surface area contributed by atoms with Gasteiger partial charge >= 0.3 is 0 Å². The monoisotopic (exact) mass is 445 g/mol. The summed E-state index contributed by atoms with van der Waals surface area (Å²) in [6, 6.07) is 5.15. The molecule has 0 saturated heterocycles. The molecule has 158 valence electrons. The summed E-state index contributed by atoms with van der Waals surface area (Å²) in [5.74, 6) is -0.565. The molecule has 2 amide bonds. The summed E-state index contributed by atoms with van der Waals surface area (Å²) >= 11 is 7.60. The molecular formula is C21H24ClN5O2S. The minimum Gasteiger partial charge on any atom is -0.346 e. The standard InChI is InChI=1S/C21H24ClN5O2S/c1-12-17(7-6-8-18(12)22)21(29)26-11-19(23-5)13(2)27-14(3)20(28)25-10-16-9-24-15(4)30-16/h6-9H,5,10-11H2,1-4H3,(H,25,28)(H,26,29)/b19-13-,27-14+. The van der Waals surface area contributed by atoms with E-state index in [1.54, 1.807) is 45.2 Å². The van der Waals surface area contributed by atoms with Crippen molar-refractivity contribution in [3.05, 3.63) is 61.8 Å². The second kappa shape index (κ2) is 10.8. The van der Waals surface area contributed by atoms with Crippen LogP contribution in [-0.4, -0.2) is 35.8 Å². The van der Waals surface area contributed by atoms with Gasteiger partial charge in [-0.15, -0.1) is 11.3 Å². The van der Waals surface area contributed by atoms with E-state index in [1.165, 1.54) is 11.3 Å². The van der Waals surface area contributed by atoms with Crippen LogP contribution in [0.25, 0.3) is 0 Å². The van der Waals surface area contributed by atoms with E-state index in [4.69, 9.17) is 11.6 Å². The van der Waals surface area contributed by atoms with Crippen LogP contribution in [-0.2, 0) is 11.3 Å². The highest BCUT2D eigenvalue weighted by Gasteiger charge is 2.12. The van der Waals surface area contributed by atoms with E-state index in [2.05, 4.69) is 32.3 Å². The third-order valence-electron chi connectivity index (χ3n) is 4.29. The summed E-state index contributed by atoms with van der Waals surface area (Å²) in [6.07, 6.45) is 1.74. The summed E-state index contributed by atoms with van der Waals surface area (Å²) in [7, 11) is 0. The maximum atomic E-state index is 12.5. The van der Waals surface area contributed by atoms with Gasteiger partial charge in [-0.05, 0) is 52.1 Å². The summed E-state index contributed by atoms with van der Waals surface area (Å²) in [6.45, 7) is 11.1. The highest BCUT2D eigenvalue weighted by molar-refractivity contribution is 7.11. The molecule has 0 unspecified atom stereocenters. The lowest BCUT2D eigenvalue weighted by molar-refractivity contribution is -0.115. The lowest BCUT2D eigenvalue weighted by atomic mass is 10.1. The van der Waals surface area contributed by atoms with E-state index in [1.807, 2.05) is 6.92 Å². The highest BCUT2D eigenvalue weighted by Crippen LogP contribution is 2.18. The van der Waals surface area contributed by atoms with E-state index in [9.17, 15) is 9.59 Å². The maximum Gasteiger partial charge on any atom is 0.265 e. The number of aromatic nitrogens is 1. The summed E-state index contributed by atoms with van der Waals surface area (Å²) in [5.41, 5.74) is 2.43. The number of hydrogen-bond acceptors (Lipinski definition) is 6. The zero-order valence-corrected chi connectivity index (χ0v) is 18.9. The molecule has 30 heavy (non-hydrogen) atoms. The molecule has 7 nitrogen and oxygen atoms in total. The normalized spacial score (nSPS) is 12.2. The molecule has 2 rings (SSSR count). The maximum absolute atomic E-state index is 12.5. The zero-order valence-electron chi connectivity index (χ0n) is 17.4. The van der Waals surface area contributed by atoms with Crippen molar-refractivity contribution in [1.29, 1.82) is 0 Å². The molecule has 0 bridgehead atoms. The van der Waals surface area contributed by atoms with Crippen LogP contribution >= 0.6 is 22.9 Å². The van der Waals surface area contributed by atoms with Gasteiger partial charge in [-0.2, -0.15) is 0 Å². The Morgan fingerprint density at radius 3 is 2.60 bits per heavy atom. The predicted octanol–water partition coefficient (Wildman–Crippen LogP) is 3.85. The van der Waals surface area contributed by atoms with Gasteiger partial charge in [0.05, 0.1) is 29.5 Å². The fourth-order valence-corrected chi connectivity index (χ4v) is 3.47. The average molecular weight is 446 g/mol. The van der Waals surface area contributed by atoms with Gasteiger partial charge in [0, 0.05) is 21.7 Å². The highest BCUT2D eigenvalue weighted by atomic mass is 35.5. The largest absolute Gasteiger partial charge is 0.346 e. The molecule has 1 aromatic carbocycles. The number of thiazole rings is 1. The van der Waals surface area contributed by atoms with Crippen LogP contribution in [0, 0.1) is 13.8 Å². The fraction of sp³-hybridized carbons (Fsp3) is 0.286. The number of carbonyl (C=O) groups is 2. The van der Waals surface area contributed by atoms with Gasteiger partial charge in [-0.25, -0.2) is 4.98 Å². The molecule has 1 aromatic heterocycles. The van der Waals surface area contributed by atoms with Crippen LogP contribution in [0.3, 0.4) is 0 Å². The van der Waals surface area contributed by atoms with Crippen molar-refractivity contribution in [3.8, 4) is 0 Å². The summed E-state index contributed by atoms with van der Waals surface area (Å²) in [4.78, 5) is 38.1. The van der Waals surface area contributed by atoms with Gasteiger partial charge < -0.3 is 10.6 Å². The average Bonchev–Trinajstić information content (AvgIpc) is 3.13. The first-order valence-corrected chi connectivity index (χ1v) is 10.4. The Labute approximate surface area is 185 Å². The van der Waals surface area contributed by atoms with Crippen LogP contribution in [0.2, 0.25) is 5.02 Å². The minimum absolute atomic E-state index is 0.124. The quantitative estimate of drug-likeness (QED) is 0.604. The van der Waals surface area contributed by atoms with E-state index in [0.717, 1.165) is 9.88 Å². The first-order chi connectivity index (χ1) is 14.2. The van der Waals surface area contributed by atoms with Gasteiger partial charge in [-0.3, -0.25) is 19.6 Å². The Morgan fingerprint density at radius 1 is 1.23 bits per heavy atom. The van der Waals surface area contributed by atoms with E-state index in [0.29, 0.717) is 34.1 Å². The molecule has 0 aliphatic rings. The second-order valence-electron chi connectivity index (χ2n) is 6.51. The lowest BCUT2D eigenvalue weighted by Gasteiger charge is -2.10. The van der Waals surface area contributed by atoms with E-state index in [-0.39, 0.29) is 24.1 Å². The number of rotatable bonds is 8. The number of hydrogen-bond donors (Lipinski definition) is 2. The second-order valence-corrected chi connectivity index (χ2v) is 8.24. The molecule has 2 aromatic rings. The van der Waals surface area contributed by atoms with E-state index >= 15 is 0 Å². The number of amides is 2. The van der Waals surface area contributed by atoms with Crippen molar-refractivity contribution in [2.45, 2.75) is 34.2 Å². The van der Waals surface area contributed by atoms with Crippen LogP contribution in [0.15, 0.2) is 45.8 Å². The Kier molecular flexibility index (Phi) is 8.44. The number of benzene rings is 1. The molecule has 0 aliphatic carbocycles. The lowest BCUT2D eigenvalue weighted by Crippen LogP contribution is -2.29. The zero-order chi connectivity index (χ0) is 22.3. The minimum atomic E-state index is -0.289. The Morgan fingerprint density at radius 2 is 1.97 bits per heavy atom. The van der Waals surface area contributed by atoms with Crippen LogP contribution < -0.4 is 10.6 Å². The van der Waals surface area contributed by atoms with Gasteiger partial charge in [0.15, 0.2) is 0 Å².